The van der Waals surface area contributed by atoms with Gasteiger partial charge in [0.25, 0.3) is 0 Å². The Kier molecular flexibility index (Phi) is 4.59. The molecule has 104 valence electrons. The van der Waals surface area contributed by atoms with Gasteiger partial charge in [-0.1, -0.05) is 6.92 Å². The van der Waals surface area contributed by atoms with E-state index in [1.807, 2.05) is 4.90 Å². The number of likely N-dealkylation sites (tertiary alicyclic amines) is 1. The first-order valence-corrected chi connectivity index (χ1v) is 6.94. The highest BCUT2D eigenvalue weighted by Crippen LogP contribution is 2.31. The summed E-state index contributed by atoms with van der Waals surface area (Å²) >= 11 is 0. The van der Waals surface area contributed by atoms with E-state index in [-0.39, 0.29) is 18.1 Å². The first-order valence-electron chi connectivity index (χ1n) is 6.94. The van der Waals surface area contributed by atoms with Crippen LogP contribution in [-0.4, -0.2) is 74.2 Å². The van der Waals surface area contributed by atoms with Crippen LogP contribution in [0.5, 0.6) is 0 Å². The smallest absolute Gasteiger partial charge is 0.248 e. The zero-order valence-corrected chi connectivity index (χ0v) is 11.6. The molecule has 0 aromatic heterocycles. The number of nitrogens with one attached hydrogen (secondary N) is 1. The molecule has 1 atom stereocenters. The lowest BCUT2D eigenvalue weighted by Gasteiger charge is -2.43. The molecule has 0 spiro atoms. The standard InChI is InChI=1S/C13H25N3O2/c1-3-13(16-8-5-14-6-9-16)4-7-15(11-13)12(17)10-18-2/h14H,3-11H2,1-2H3. The van der Waals surface area contributed by atoms with E-state index in [1.165, 1.54) is 0 Å². The number of carbonyl (C=O) groups is 1. The molecule has 2 fully saturated rings. The average molecular weight is 255 g/mol. The second-order valence-corrected chi connectivity index (χ2v) is 5.31. The minimum absolute atomic E-state index is 0.128. The second kappa shape index (κ2) is 5.99. The molecule has 0 bridgehead atoms. The van der Waals surface area contributed by atoms with Crippen LogP contribution in [0.1, 0.15) is 19.8 Å². The van der Waals surface area contributed by atoms with Crippen LogP contribution in [0.3, 0.4) is 0 Å². The normalized spacial score (nSPS) is 29.8. The number of ether oxygens (including phenoxy) is 1. The Morgan fingerprint density at radius 1 is 1.33 bits per heavy atom. The summed E-state index contributed by atoms with van der Waals surface area (Å²) in [4.78, 5) is 16.4. The lowest BCUT2D eigenvalue weighted by atomic mass is 9.92. The van der Waals surface area contributed by atoms with E-state index in [0.717, 1.165) is 52.1 Å². The van der Waals surface area contributed by atoms with Crippen LogP contribution in [0.25, 0.3) is 0 Å². The summed E-state index contributed by atoms with van der Waals surface area (Å²) in [5, 5.41) is 3.39. The van der Waals surface area contributed by atoms with E-state index in [2.05, 4.69) is 17.1 Å². The van der Waals surface area contributed by atoms with E-state index in [0.29, 0.717) is 0 Å². The molecule has 2 rings (SSSR count). The van der Waals surface area contributed by atoms with Crippen molar-refractivity contribution in [3.63, 3.8) is 0 Å². The Labute approximate surface area is 109 Å². The minimum Gasteiger partial charge on any atom is -0.375 e. The molecular formula is C13H25N3O2. The zero-order chi connectivity index (χ0) is 13.0. The number of hydrogen-bond acceptors (Lipinski definition) is 4. The molecule has 2 saturated heterocycles. The van der Waals surface area contributed by atoms with Crippen LogP contribution in [0.15, 0.2) is 0 Å². The second-order valence-electron chi connectivity index (χ2n) is 5.31. The molecule has 0 radical (unpaired) electrons. The van der Waals surface area contributed by atoms with Crippen molar-refractivity contribution < 1.29 is 9.53 Å². The molecule has 5 nitrogen and oxygen atoms in total. The van der Waals surface area contributed by atoms with Gasteiger partial charge < -0.3 is 15.0 Å². The molecule has 1 amide bonds. The largest absolute Gasteiger partial charge is 0.375 e. The molecule has 0 aliphatic carbocycles. The topological polar surface area (TPSA) is 44.8 Å². The first kappa shape index (κ1) is 13.8. The van der Waals surface area contributed by atoms with Crippen LogP contribution < -0.4 is 5.32 Å². The highest BCUT2D eigenvalue weighted by molar-refractivity contribution is 5.77. The molecular weight excluding hydrogens is 230 g/mol. The predicted molar refractivity (Wildman–Crippen MR) is 70.5 cm³/mol. The fourth-order valence-electron chi connectivity index (χ4n) is 3.19. The predicted octanol–water partition coefficient (Wildman–Crippen LogP) is -0.0809. The quantitative estimate of drug-likeness (QED) is 0.763. The van der Waals surface area contributed by atoms with Gasteiger partial charge in [0.05, 0.1) is 0 Å². The summed E-state index contributed by atoms with van der Waals surface area (Å²) < 4.78 is 4.95. The third-order valence-electron chi connectivity index (χ3n) is 4.40. The van der Waals surface area contributed by atoms with Crippen LogP contribution in [0, 0.1) is 0 Å². The molecule has 2 heterocycles. The minimum atomic E-state index is 0.128. The van der Waals surface area contributed by atoms with Crippen molar-refractivity contribution >= 4 is 5.91 Å². The number of carbonyl (C=O) groups excluding carboxylic acids is 1. The van der Waals surface area contributed by atoms with E-state index < -0.39 is 0 Å². The summed E-state index contributed by atoms with van der Waals surface area (Å²) in [5.74, 6) is 0.128. The van der Waals surface area contributed by atoms with E-state index in [4.69, 9.17) is 4.74 Å². The summed E-state index contributed by atoms with van der Waals surface area (Å²) in [6.07, 6.45) is 2.21. The van der Waals surface area contributed by atoms with Crippen molar-refractivity contribution in [2.75, 3.05) is 53.0 Å². The number of amides is 1. The van der Waals surface area contributed by atoms with Gasteiger partial charge in [0.15, 0.2) is 0 Å². The van der Waals surface area contributed by atoms with E-state index >= 15 is 0 Å². The zero-order valence-electron chi connectivity index (χ0n) is 11.6. The maximum absolute atomic E-state index is 11.9. The van der Waals surface area contributed by atoms with Crippen molar-refractivity contribution in [1.82, 2.24) is 15.1 Å². The molecule has 2 aliphatic rings. The van der Waals surface area contributed by atoms with Gasteiger partial charge in [-0.2, -0.15) is 0 Å². The first-order chi connectivity index (χ1) is 8.72. The number of rotatable bonds is 4. The lowest BCUT2D eigenvalue weighted by molar-refractivity contribution is -0.134. The van der Waals surface area contributed by atoms with Crippen molar-refractivity contribution in [2.24, 2.45) is 0 Å². The SMILES string of the molecule is CCC1(N2CCNCC2)CCN(C(=O)COC)C1. The Morgan fingerprint density at radius 3 is 2.67 bits per heavy atom. The number of methoxy groups -OCH3 is 1. The van der Waals surface area contributed by atoms with Crippen molar-refractivity contribution in [3.8, 4) is 0 Å². The highest BCUT2D eigenvalue weighted by atomic mass is 16.5. The summed E-state index contributed by atoms with van der Waals surface area (Å²) in [7, 11) is 1.58. The molecule has 1 N–H and O–H groups in total. The molecule has 2 aliphatic heterocycles. The van der Waals surface area contributed by atoms with Crippen molar-refractivity contribution in [3.05, 3.63) is 0 Å². The van der Waals surface area contributed by atoms with Crippen LogP contribution in [0.2, 0.25) is 0 Å². The van der Waals surface area contributed by atoms with Gasteiger partial charge in [-0.3, -0.25) is 9.69 Å². The molecule has 0 aromatic rings. The number of piperazine rings is 1. The summed E-state index contributed by atoms with van der Waals surface area (Å²) in [6.45, 7) is 8.52. The lowest BCUT2D eigenvalue weighted by Crippen LogP contribution is -2.57. The maximum atomic E-state index is 11.9. The van der Waals surface area contributed by atoms with Gasteiger partial charge >= 0.3 is 0 Å². The Balaban J connectivity index is 1.99. The molecule has 1 unspecified atom stereocenters. The molecule has 0 saturated carbocycles. The monoisotopic (exact) mass is 255 g/mol. The Morgan fingerprint density at radius 2 is 2.06 bits per heavy atom. The fourth-order valence-corrected chi connectivity index (χ4v) is 3.19. The maximum Gasteiger partial charge on any atom is 0.248 e. The number of nitrogens with zero attached hydrogens (tertiary/aromatic N) is 2. The number of hydrogen-bond donors (Lipinski definition) is 1. The molecule has 5 heteroatoms. The van der Waals surface area contributed by atoms with Crippen LogP contribution in [-0.2, 0) is 9.53 Å². The van der Waals surface area contributed by atoms with Crippen LogP contribution >= 0.6 is 0 Å². The third kappa shape index (κ3) is 2.68. The third-order valence-corrected chi connectivity index (χ3v) is 4.40. The Hall–Kier alpha value is -0.650. The molecule has 18 heavy (non-hydrogen) atoms. The van der Waals surface area contributed by atoms with Crippen molar-refractivity contribution in [1.29, 1.82) is 0 Å². The summed E-state index contributed by atoms with van der Waals surface area (Å²) in [6, 6.07) is 0. The fraction of sp³-hybridized carbons (Fsp3) is 0.923. The molecule has 0 aromatic carbocycles. The highest BCUT2D eigenvalue weighted by Gasteiger charge is 2.43. The van der Waals surface area contributed by atoms with Gasteiger partial charge in [0.2, 0.25) is 5.91 Å². The van der Waals surface area contributed by atoms with Crippen LogP contribution in [0.4, 0.5) is 0 Å². The van der Waals surface area contributed by atoms with Gasteiger partial charge in [-0.15, -0.1) is 0 Å². The van der Waals surface area contributed by atoms with E-state index in [9.17, 15) is 4.79 Å². The van der Waals surface area contributed by atoms with Gasteiger partial charge in [-0.05, 0) is 12.8 Å². The summed E-state index contributed by atoms with van der Waals surface area (Å²) in [5.41, 5.74) is 0.200. The average Bonchev–Trinajstić information content (AvgIpc) is 2.86. The van der Waals surface area contributed by atoms with E-state index in [1.54, 1.807) is 7.11 Å². The van der Waals surface area contributed by atoms with Gasteiger partial charge in [0.1, 0.15) is 6.61 Å². The Bertz CT molecular complexity index is 292. The van der Waals surface area contributed by atoms with Gasteiger partial charge in [-0.25, -0.2) is 0 Å². The van der Waals surface area contributed by atoms with Crippen molar-refractivity contribution in [2.45, 2.75) is 25.3 Å². The van der Waals surface area contributed by atoms with Gasteiger partial charge in [0, 0.05) is 51.9 Å².